The molecule has 0 radical (unpaired) electrons. The Morgan fingerprint density at radius 1 is 1.33 bits per heavy atom. The van der Waals surface area contributed by atoms with Gasteiger partial charge in [-0.05, 0) is 30.0 Å². The summed E-state index contributed by atoms with van der Waals surface area (Å²) in [6.45, 7) is 0. The molecule has 12 nitrogen and oxygen atoms in total. The molecule has 4 amide bonds. The number of amides is 4. The Kier molecular flexibility index (Phi) is 7.50. The van der Waals surface area contributed by atoms with Gasteiger partial charge in [-0.1, -0.05) is 24.3 Å². The number of pyridine rings is 1. The maximum Gasteiger partial charge on any atom is 0.357 e. The van der Waals surface area contributed by atoms with Crippen molar-refractivity contribution in [1.29, 1.82) is 0 Å². The molecule has 1 saturated heterocycles. The first-order valence-electron chi connectivity index (χ1n) is 11.9. The van der Waals surface area contributed by atoms with Crippen molar-refractivity contribution in [2.45, 2.75) is 31.3 Å². The SMILES string of the molecule is COC(=O)c1csc(NC(=O)[C@H](Cc2cccnc2)N2C(=O)NC(C3=COC=C(C4=CC=CCC4)O3)C2=O)n1. The fourth-order valence-corrected chi connectivity index (χ4v) is 4.84. The van der Waals surface area contributed by atoms with Crippen molar-refractivity contribution >= 4 is 40.3 Å². The maximum absolute atomic E-state index is 13.6. The molecule has 200 valence electrons. The lowest BCUT2D eigenvalue weighted by Gasteiger charge is -2.25. The Labute approximate surface area is 226 Å². The van der Waals surface area contributed by atoms with Crippen LogP contribution in [0.5, 0.6) is 0 Å². The molecule has 3 aliphatic rings. The molecular formula is C26H23N5O7S. The summed E-state index contributed by atoms with van der Waals surface area (Å²) in [4.78, 5) is 60.8. The van der Waals surface area contributed by atoms with E-state index in [1.165, 1.54) is 25.0 Å². The molecule has 4 heterocycles. The molecule has 1 fully saturated rings. The summed E-state index contributed by atoms with van der Waals surface area (Å²) in [7, 11) is 1.22. The Bertz CT molecular complexity index is 1430. The molecule has 39 heavy (non-hydrogen) atoms. The van der Waals surface area contributed by atoms with Gasteiger partial charge in [-0.3, -0.25) is 14.6 Å². The van der Waals surface area contributed by atoms with Crippen molar-refractivity contribution < 1.29 is 33.4 Å². The van der Waals surface area contributed by atoms with Crippen LogP contribution in [-0.4, -0.2) is 57.9 Å². The van der Waals surface area contributed by atoms with Crippen LogP contribution >= 0.6 is 11.3 Å². The van der Waals surface area contributed by atoms with Gasteiger partial charge < -0.3 is 24.8 Å². The largest absolute Gasteiger partial charge is 0.465 e. The highest BCUT2D eigenvalue weighted by Gasteiger charge is 2.47. The molecule has 2 aliphatic heterocycles. The molecule has 0 saturated carbocycles. The topological polar surface area (TPSA) is 149 Å². The summed E-state index contributed by atoms with van der Waals surface area (Å²) in [6, 6.07) is 0.179. The molecule has 0 bridgehead atoms. The highest BCUT2D eigenvalue weighted by Crippen LogP contribution is 2.30. The number of hydrogen-bond donors (Lipinski definition) is 2. The van der Waals surface area contributed by atoms with Gasteiger partial charge in [-0.15, -0.1) is 11.3 Å². The monoisotopic (exact) mass is 549 g/mol. The van der Waals surface area contributed by atoms with Crippen molar-refractivity contribution in [2.75, 3.05) is 12.4 Å². The predicted molar refractivity (Wildman–Crippen MR) is 138 cm³/mol. The van der Waals surface area contributed by atoms with Crippen LogP contribution in [0.4, 0.5) is 9.93 Å². The highest BCUT2D eigenvalue weighted by molar-refractivity contribution is 7.14. The number of thiazole rings is 1. The molecular weight excluding hydrogens is 526 g/mol. The number of hydrogen-bond acceptors (Lipinski definition) is 10. The molecule has 5 rings (SSSR count). The third kappa shape index (κ3) is 5.57. The number of imide groups is 1. The van der Waals surface area contributed by atoms with E-state index in [4.69, 9.17) is 9.47 Å². The molecule has 2 aromatic heterocycles. The summed E-state index contributed by atoms with van der Waals surface area (Å²) in [5.74, 6) is -1.50. The van der Waals surface area contributed by atoms with E-state index >= 15 is 0 Å². The number of esters is 1. The standard InChI is InChI=1S/C26H23N5O7S/c1-36-24(34)17-14-39-25(28-17)30-22(32)18(10-15-6-5-9-27-11-15)31-23(33)21(29-26(31)35)20-13-37-12-19(38-20)16-7-3-2-4-8-16/h2-3,5-7,9,11-14,18,21H,4,8,10H2,1H3,(H,29,35)(H,28,30,32)/t18-,21?/m0/s1. The van der Waals surface area contributed by atoms with E-state index < -0.39 is 35.9 Å². The highest BCUT2D eigenvalue weighted by atomic mass is 32.1. The van der Waals surface area contributed by atoms with Crippen LogP contribution in [0, 0.1) is 0 Å². The fraction of sp³-hybridized carbons (Fsp3) is 0.231. The summed E-state index contributed by atoms with van der Waals surface area (Å²) >= 11 is 1.00. The van der Waals surface area contributed by atoms with Crippen LogP contribution in [0.3, 0.4) is 0 Å². The molecule has 1 aliphatic carbocycles. The van der Waals surface area contributed by atoms with E-state index in [0.717, 1.165) is 34.7 Å². The number of anilines is 1. The minimum absolute atomic E-state index is 0.0123. The van der Waals surface area contributed by atoms with Gasteiger partial charge >= 0.3 is 12.0 Å². The van der Waals surface area contributed by atoms with E-state index in [9.17, 15) is 19.2 Å². The number of carbonyl (C=O) groups excluding carboxylic acids is 4. The van der Waals surface area contributed by atoms with Crippen LogP contribution in [-0.2, 0) is 30.2 Å². The van der Waals surface area contributed by atoms with E-state index in [1.807, 2.05) is 18.2 Å². The molecule has 1 unspecified atom stereocenters. The van der Waals surface area contributed by atoms with E-state index in [1.54, 1.807) is 24.5 Å². The molecule has 0 aromatic carbocycles. The Hall–Kier alpha value is -4.78. The molecule has 13 heteroatoms. The number of nitrogens with zero attached hydrogens (tertiary/aromatic N) is 3. The number of methoxy groups -OCH3 is 1. The zero-order chi connectivity index (χ0) is 27.4. The quantitative estimate of drug-likeness (QED) is 0.374. The summed E-state index contributed by atoms with van der Waals surface area (Å²) in [5.41, 5.74) is 1.53. The van der Waals surface area contributed by atoms with E-state index in [-0.39, 0.29) is 23.0 Å². The summed E-state index contributed by atoms with van der Waals surface area (Å²) in [6.07, 6.45) is 13.2. The van der Waals surface area contributed by atoms with Gasteiger partial charge in [0.05, 0.1) is 7.11 Å². The predicted octanol–water partition coefficient (Wildman–Crippen LogP) is 2.80. The molecule has 2 atom stereocenters. The fourth-order valence-electron chi connectivity index (χ4n) is 4.16. The van der Waals surface area contributed by atoms with Crippen molar-refractivity contribution in [3.05, 3.63) is 89.0 Å². The number of urea groups is 1. The number of ether oxygens (including phenoxy) is 3. The van der Waals surface area contributed by atoms with Gasteiger partial charge in [0.15, 0.2) is 28.4 Å². The van der Waals surface area contributed by atoms with Gasteiger partial charge in [0.2, 0.25) is 5.91 Å². The van der Waals surface area contributed by atoms with E-state index in [0.29, 0.717) is 11.3 Å². The van der Waals surface area contributed by atoms with Crippen LogP contribution in [0.2, 0.25) is 0 Å². The van der Waals surface area contributed by atoms with Crippen LogP contribution in [0.25, 0.3) is 0 Å². The van der Waals surface area contributed by atoms with Crippen LogP contribution in [0.1, 0.15) is 28.9 Å². The second-order valence-electron chi connectivity index (χ2n) is 8.59. The summed E-state index contributed by atoms with van der Waals surface area (Å²) in [5, 5.41) is 6.72. The molecule has 0 spiro atoms. The normalized spacial score (nSPS) is 19.2. The first kappa shape index (κ1) is 25.9. The number of carbonyl (C=O) groups is 4. The Morgan fingerprint density at radius 3 is 2.95 bits per heavy atom. The minimum atomic E-state index is -1.26. The van der Waals surface area contributed by atoms with Gasteiger partial charge in [-0.2, -0.15) is 0 Å². The number of nitrogens with one attached hydrogen (secondary N) is 2. The minimum Gasteiger partial charge on any atom is -0.465 e. The van der Waals surface area contributed by atoms with Crippen LogP contribution in [0.15, 0.2) is 77.8 Å². The van der Waals surface area contributed by atoms with Crippen molar-refractivity contribution in [3.8, 4) is 0 Å². The van der Waals surface area contributed by atoms with Gasteiger partial charge in [-0.25, -0.2) is 19.5 Å². The average molecular weight is 550 g/mol. The second kappa shape index (κ2) is 11.3. The third-order valence-electron chi connectivity index (χ3n) is 6.07. The summed E-state index contributed by atoms with van der Waals surface area (Å²) < 4.78 is 16.0. The van der Waals surface area contributed by atoms with E-state index in [2.05, 4.69) is 25.3 Å². The first-order chi connectivity index (χ1) is 18.9. The van der Waals surface area contributed by atoms with Crippen molar-refractivity contribution in [2.24, 2.45) is 0 Å². The Morgan fingerprint density at radius 2 is 2.21 bits per heavy atom. The van der Waals surface area contributed by atoms with Gasteiger partial charge in [0.25, 0.3) is 5.91 Å². The number of allylic oxidation sites excluding steroid dienone is 4. The van der Waals surface area contributed by atoms with Crippen molar-refractivity contribution in [3.63, 3.8) is 0 Å². The molecule has 2 N–H and O–H groups in total. The lowest BCUT2D eigenvalue weighted by atomic mass is 10.0. The zero-order valence-electron chi connectivity index (χ0n) is 20.7. The second-order valence-corrected chi connectivity index (χ2v) is 9.45. The smallest absolute Gasteiger partial charge is 0.357 e. The van der Waals surface area contributed by atoms with Gasteiger partial charge in [0.1, 0.15) is 18.6 Å². The number of aromatic nitrogens is 2. The zero-order valence-corrected chi connectivity index (χ0v) is 21.5. The van der Waals surface area contributed by atoms with Gasteiger partial charge in [0, 0.05) is 24.2 Å². The third-order valence-corrected chi connectivity index (χ3v) is 6.83. The Balaban J connectivity index is 1.37. The average Bonchev–Trinajstić information content (AvgIpc) is 3.56. The lowest BCUT2D eigenvalue weighted by Crippen LogP contribution is -2.49. The molecule has 2 aromatic rings. The maximum atomic E-state index is 13.6. The lowest BCUT2D eigenvalue weighted by molar-refractivity contribution is -0.134. The number of rotatable bonds is 8. The first-order valence-corrected chi connectivity index (χ1v) is 12.8. The van der Waals surface area contributed by atoms with Crippen molar-refractivity contribution in [1.82, 2.24) is 20.2 Å². The van der Waals surface area contributed by atoms with Crippen LogP contribution < -0.4 is 10.6 Å².